The number of aliphatic hydroxyl groups excluding tert-OH is 1. The van der Waals surface area contributed by atoms with E-state index in [1.165, 1.54) is 18.2 Å². The largest absolute Gasteiger partial charge is 0.393 e. The van der Waals surface area contributed by atoms with Crippen LogP contribution in [0.5, 0.6) is 0 Å². The predicted molar refractivity (Wildman–Crippen MR) is 76.4 cm³/mol. The Labute approximate surface area is 122 Å². The summed E-state index contributed by atoms with van der Waals surface area (Å²) in [5.41, 5.74) is 0.459. The zero-order valence-electron chi connectivity index (χ0n) is 11.3. The number of nitrogens with zero attached hydrogens (tertiary/aromatic N) is 1. The molecule has 0 spiro atoms. The average molecular weight is 301 g/mol. The molecule has 0 aliphatic carbocycles. The van der Waals surface area contributed by atoms with Crippen molar-refractivity contribution in [1.82, 2.24) is 4.90 Å². The van der Waals surface area contributed by atoms with Gasteiger partial charge < -0.3 is 15.3 Å². The molecule has 1 aliphatic heterocycles. The van der Waals surface area contributed by atoms with E-state index in [0.29, 0.717) is 18.8 Å². The number of nitrogens with one attached hydrogen (secondary N) is 1. The zero-order chi connectivity index (χ0) is 14.7. The molecule has 0 saturated carbocycles. The van der Waals surface area contributed by atoms with Crippen molar-refractivity contribution in [2.24, 2.45) is 5.92 Å². The molecule has 110 valence electrons. The topological polar surface area (TPSA) is 52.6 Å². The van der Waals surface area contributed by atoms with Crippen LogP contribution in [0.15, 0.2) is 18.2 Å². The van der Waals surface area contributed by atoms with Gasteiger partial charge in [-0.05, 0) is 38.0 Å². The predicted octanol–water partition coefficient (Wildman–Crippen LogP) is 3.10. The molecule has 20 heavy (non-hydrogen) atoms. The van der Waals surface area contributed by atoms with E-state index in [0.717, 1.165) is 12.8 Å². The maximum atomic E-state index is 13.0. The van der Waals surface area contributed by atoms with E-state index in [1.54, 1.807) is 11.8 Å². The molecule has 4 nitrogen and oxygen atoms in total. The molecule has 1 heterocycles. The number of benzene rings is 1. The molecule has 0 bridgehead atoms. The first-order chi connectivity index (χ1) is 9.47. The monoisotopic (exact) mass is 300 g/mol. The van der Waals surface area contributed by atoms with Gasteiger partial charge in [0.1, 0.15) is 5.82 Å². The number of halogens is 2. The molecule has 2 rings (SSSR count). The average Bonchev–Trinajstić information content (AvgIpc) is 2.43. The van der Waals surface area contributed by atoms with Crippen molar-refractivity contribution in [2.75, 3.05) is 18.4 Å². The van der Waals surface area contributed by atoms with Gasteiger partial charge in [0.25, 0.3) is 0 Å². The second-order valence-corrected chi connectivity index (χ2v) is 5.56. The summed E-state index contributed by atoms with van der Waals surface area (Å²) in [5, 5.41) is 12.3. The number of carbonyl (C=O) groups is 1. The number of anilines is 1. The lowest BCUT2D eigenvalue weighted by Gasteiger charge is -2.34. The van der Waals surface area contributed by atoms with E-state index in [1.807, 2.05) is 0 Å². The van der Waals surface area contributed by atoms with Crippen LogP contribution in [0.1, 0.15) is 19.8 Å². The lowest BCUT2D eigenvalue weighted by atomic mass is 9.94. The summed E-state index contributed by atoms with van der Waals surface area (Å²) in [4.78, 5) is 13.8. The summed E-state index contributed by atoms with van der Waals surface area (Å²) in [5.74, 6) is -0.414. The van der Waals surface area contributed by atoms with Crippen molar-refractivity contribution in [1.29, 1.82) is 0 Å². The van der Waals surface area contributed by atoms with Gasteiger partial charge in [-0.1, -0.05) is 11.6 Å². The summed E-state index contributed by atoms with van der Waals surface area (Å²) in [6.07, 6.45) is 1.36. The second-order valence-electron chi connectivity index (χ2n) is 5.15. The number of hydrogen-bond acceptors (Lipinski definition) is 2. The van der Waals surface area contributed by atoms with Gasteiger partial charge in [0, 0.05) is 24.7 Å². The number of urea groups is 1. The Hall–Kier alpha value is -1.33. The van der Waals surface area contributed by atoms with Crippen molar-refractivity contribution in [2.45, 2.75) is 25.9 Å². The maximum absolute atomic E-state index is 13.0. The minimum absolute atomic E-state index is 0.0247. The lowest BCUT2D eigenvalue weighted by molar-refractivity contribution is 0.0766. The van der Waals surface area contributed by atoms with Gasteiger partial charge in [0.2, 0.25) is 0 Å². The van der Waals surface area contributed by atoms with E-state index in [4.69, 9.17) is 11.6 Å². The molecular weight excluding hydrogens is 283 g/mol. The summed E-state index contributed by atoms with van der Waals surface area (Å²) in [6, 6.07) is 3.81. The third-order valence-electron chi connectivity index (χ3n) is 3.60. The molecule has 2 atom stereocenters. The molecule has 1 aliphatic rings. The molecule has 6 heteroatoms. The van der Waals surface area contributed by atoms with E-state index in [2.05, 4.69) is 5.32 Å². The van der Waals surface area contributed by atoms with Gasteiger partial charge in [-0.15, -0.1) is 0 Å². The fraction of sp³-hybridized carbons (Fsp3) is 0.500. The Morgan fingerprint density at radius 2 is 2.35 bits per heavy atom. The number of piperidine rings is 1. The number of hydrogen-bond donors (Lipinski definition) is 2. The lowest BCUT2D eigenvalue weighted by Crippen LogP contribution is -2.44. The Morgan fingerprint density at radius 1 is 1.60 bits per heavy atom. The van der Waals surface area contributed by atoms with Gasteiger partial charge in [-0.3, -0.25) is 0 Å². The fourth-order valence-electron chi connectivity index (χ4n) is 2.36. The highest BCUT2D eigenvalue weighted by molar-refractivity contribution is 6.31. The van der Waals surface area contributed by atoms with Crippen LogP contribution in [-0.2, 0) is 0 Å². The number of amides is 2. The Morgan fingerprint density at radius 3 is 3.00 bits per heavy atom. The van der Waals surface area contributed by atoms with Crippen LogP contribution in [0, 0.1) is 11.7 Å². The highest BCUT2D eigenvalue weighted by Crippen LogP contribution is 2.22. The van der Waals surface area contributed by atoms with Crippen LogP contribution in [-0.4, -0.2) is 35.2 Å². The van der Waals surface area contributed by atoms with Crippen molar-refractivity contribution in [3.05, 3.63) is 29.0 Å². The van der Waals surface area contributed by atoms with E-state index in [9.17, 15) is 14.3 Å². The van der Waals surface area contributed by atoms with Crippen LogP contribution in [0.2, 0.25) is 5.02 Å². The summed E-state index contributed by atoms with van der Waals surface area (Å²) < 4.78 is 13.0. The smallest absolute Gasteiger partial charge is 0.321 e. The van der Waals surface area contributed by atoms with E-state index in [-0.39, 0.29) is 17.0 Å². The molecule has 1 aromatic rings. The summed E-state index contributed by atoms with van der Waals surface area (Å²) >= 11 is 5.67. The van der Waals surface area contributed by atoms with Crippen molar-refractivity contribution in [3.63, 3.8) is 0 Å². The molecule has 2 N–H and O–H groups in total. The molecular formula is C14H18ClFN2O2. The Kier molecular flexibility index (Phi) is 4.83. The number of likely N-dealkylation sites (tertiary alicyclic amines) is 1. The standard InChI is InChI=1S/C14H18ClFN2O2/c1-9(19)10-3-2-6-18(8-10)14(20)17-11-4-5-13(16)12(15)7-11/h4-5,7,9-10,19H,2-3,6,8H2,1H3,(H,17,20). The van der Waals surface area contributed by atoms with E-state index >= 15 is 0 Å². The normalized spacial score (nSPS) is 20.6. The van der Waals surface area contributed by atoms with Crippen LogP contribution in [0.25, 0.3) is 0 Å². The van der Waals surface area contributed by atoms with Crippen LogP contribution in [0.4, 0.5) is 14.9 Å². The van der Waals surface area contributed by atoms with E-state index < -0.39 is 11.9 Å². The van der Waals surface area contributed by atoms with Crippen molar-refractivity contribution >= 4 is 23.3 Å². The van der Waals surface area contributed by atoms with Gasteiger partial charge in [-0.2, -0.15) is 0 Å². The van der Waals surface area contributed by atoms with Crippen LogP contribution in [0.3, 0.4) is 0 Å². The molecule has 1 saturated heterocycles. The SMILES string of the molecule is CC(O)C1CCCN(C(=O)Nc2ccc(F)c(Cl)c2)C1. The number of aliphatic hydroxyl groups is 1. The summed E-state index contributed by atoms with van der Waals surface area (Å²) in [6.45, 7) is 2.92. The zero-order valence-corrected chi connectivity index (χ0v) is 12.0. The summed E-state index contributed by atoms with van der Waals surface area (Å²) in [7, 11) is 0. The molecule has 1 fully saturated rings. The maximum Gasteiger partial charge on any atom is 0.321 e. The van der Waals surface area contributed by atoms with Crippen molar-refractivity contribution in [3.8, 4) is 0 Å². The number of rotatable bonds is 2. The molecule has 1 aromatic carbocycles. The highest BCUT2D eigenvalue weighted by atomic mass is 35.5. The fourth-order valence-corrected chi connectivity index (χ4v) is 2.55. The molecule has 0 radical (unpaired) electrons. The first-order valence-corrected chi connectivity index (χ1v) is 7.04. The molecule has 0 aromatic heterocycles. The van der Waals surface area contributed by atoms with Crippen LogP contribution >= 0.6 is 11.6 Å². The first-order valence-electron chi connectivity index (χ1n) is 6.66. The van der Waals surface area contributed by atoms with Gasteiger partial charge in [-0.25, -0.2) is 9.18 Å². The highest BCUT2D eigenvalue weighted by Gasteiger charge is 2.26. The molecule has 2 amide bonds. The van der Waals surface area contributed by atoms with Crippen molar-refractivity contribution < 1.29 is 14.3 Å². The van der Waals surface area contributed by atoms with Gasteiger partial charge in [0.05, 0.1) is 11.1 Å². The second kappa shape index (κ2) is 6.41. The minimum atomic E-state index is -0.517. The van der Waals surface area contributed by atoms with Gasteiger partial charge in [0.15, 0.2) is 0 Å². The minimum Gasteiger partial charge on any atom is -0.393 e. The Bertz CT molecular complexity index is 496. The quantitative estimate of drug-likeness (QED) is 0.882. The first kappa shape index (κ1) is 15.1. The Balaban J connectivity index is 1.98. The molecule has 2 unspecified atom stereocenters. The van der Waals surface area contributed by atoms with Crippen LogP contribution < -0.4 is 5.32 Å². The number of carbonyl (C=O) groups excluding carboxylic acids is 1. The third-order valence-corrected chi connectivity index (χ3v) is 3.89. The van der Waals surface area contributed by atoms with Gasteiger partial charge >= 0.3 is 6.03 Å². The third kappa shape index (κ3) is 3.61.